The molecule has 0 bridgehead atoms. The molecule has 0 saturated carbocycles. The van der Waals surface area contributed by atoms with E-state index in [0.29, 0.717) is 0 Å². The Kier molecular flexibility index (Phi) is 3.70. The molecule has 0 atom stereocenters. The van der Waals surface area contributed by atoms with Gasteiger partial charge < -0.3 is 0 Å². The highest BCUT2D eigenvalue weighted by molar-refractivity contribution is 7.91. The van der Waals surface area contributed by atoms with Crippen molar-refractivity contribution in [1.82, 2.24) is 4.39 Å². The Labute approximate surface area is 101 Å². The molecule has 8 heteroatoms. The summed E-state index contributed by atoms with van der Waals surface area (Å²) in [6.07, 6.45) is 0. The molecule has 0 aromatic heterocycles. The van der Waals surface area contributed by atoms with Crippen molar-refractivity contribution >= 4 is 23.9 Å². The van der Waals surface area contributed by atoms with Crippen molar-refractivity contribution in [2.75, 3.05) is 0 Å². The summed E-state index contributed by atoms with van der Waals surface area (Å²) in [5.41, 5.74) is -0.128. The van der Waals surface area contributed by atoms with Crippen LogP contribution in [0, 0.1) is 10.1 Å². The van der Waals surface area contributed by atoms with Crippen LogP contribution in [-0.2, 0) is 10.0 Å². The number of nitrogens with zero attached hydrogens (tertiary/aromatic N) is 1. The largest absolute Gasteiger partial charge is 0.269 e. The number of nitro benzene ring substituents is 1. The lowest BCUT2D eigenvalue weighted by atomic mass is 10.3. The molecular weight excluding hydrogens is 260 g/mol. The van der Waals surface area contributed by atoms with E-state index in [1.807, 2.05) is 19.6 Å². The molecule has 17 heavy (non-hydrogen) atoms. The highest BCUT2D eigenvalue weighted by atomic mass is 32.2. The van der Waals surface area contributed by atoms with Gasteiger partial charge in [-0.25, -0.2) is 12.8 Å². The van der Waals surface area contributed by atoms with E-state index in [4.69, 9.17) is 0 Å². The van der Waals surface area contributed by atoms with Crippen molar-refractivity contribution in [2.45, 2.75) is 24.5 Å². The van der Waals surface area contributed by atoms with Crippen LogP contribution in [0.3, 0.4) is 0 Å². The highest BCUT2D eigenvalue weighted by Crippen LogP contribution is 2.16. The van der Waals surface area contributed by atoms with Crippen molar-refractivity contribution in [2.24, 2.45) is 0 Å². The Hall–Kier alpha value is -1.25. The van der Waals surface area contributed by atoms with Crippen molar-refractivity contribution in [3.63, 3.8) is 0 Å². The van der Waals surface area contributed by atoms with Gasteiger partial charge in [-0.05, 0) is 12.1 Å². The van der Waals surface area contributed by atoms with E-state index < -0.39 is 23.2 Å². The molecule has 0 spiro atoms. The van der Waals surface area contributed by atoms with Gasteiger partial charge in [0.2, 0.25) is 10.0 Å². The van der Waals surface area contributed by atoms with Crippen LogP contribution in [0.4, 0.5) is 5.69 Å². The van der Waals surface area contributed by atoms with Gasteiger partial charge in [0.05, 0.1) is 9.82 Å². The van der Waals surface area contributed by atoms with Crippen LogP contribution in [0.25, 0.3) is 0 Å². The summed E-state index contributed by atoms with van der Waals surface area (Å²) < 4.78 is 26.4. The second-order valence-electron chi connectivity index (χ2n) is 4.61. The van der Waals surface area contributed by atoms with Crippen molar-refractivity contribution in [3.8, 4) is 0 Å². The molecule has 0 saturated heterocycles. The first-order chi connectivity index (χ1) is 7.62. The second kappa shape index (κ2) is 4.55. The van der Waals surface area contributed by atoms with E-state index in [0.717, 1.165) is 0 Å². The van der Waals surface area contributed by atoms with Crippen molar-refractivity contribution < 1.29 is 13.3 Å². The summed E-state index contributed by atoms with van der Waals surface area (Å²) in [4.78, 5) is 9.92. The van der Waals surface area contributed by atoms with Gasteiger partial charge in [0, 0.05) is 12.1 Å². The zero-order valence-corrected chi connectivity index (χ0v) is 11.6. The lowest BCUT2D eigenvalue weighted by Gasteiger charge is -2.17. The number of rotatable bonds is 4. The topological polar surface area (TPSA) is 89.3 Å². The Bertz CT molecular complexity index is 519. The lowest BCUT2D eigenvalue weighted by Crippen LogP contribution is -2.45. The van der Waals surface area contributed by atoms with Crippen molar-refractivity contribution in [3.05, 3.63) is 34.4 Å². The Morgan fingerprint density at radius 2 is 1.65 bits per heavy atom. The predicted molar refractivity (Wildman–Crippen MR) is 66.8 cm³/mol. The molecule has 1 aromatic rings. The SMILES string of the molecule is C[Si](C)(C)NS(=O)(=O)c1ccc([N+](=O)[O-])cc1. The minimum atomic E-state index is -3.57. The van der Waals surface area contributed by atoms with Crippen LogP contribution in [0.2, 0.25) is 19.6 Å². The Morgan fingerprint density at radius 3 is 2.00 bits per heavy atom. The van der Waals surface area contributed by atoms with E-state index in [1.54, 1.807) is 0 Å². The second-order valence-corrected chi connectivity index (χ2v) is 11.4. The number of nitro groups is 1. The van der Waals surface area contributed by atoms with Crippen LogP contribution in [0.1, 0.15) is 0 Å². The molecule has 0 heterocycles. The molecule has 0 aliphatic rings. The number of sulfonamides is 1. The fourth-order valence-corrected chi connectivity index (χ4v) is 5.40. The molecule has 0 fully saturated rings. The molecule has 0 aliphatic carbocycles. The normalized spacial score (nSPS) is 12.4. The van der Waals surface area contributed by atoms with Crippen molar-refractivity contribution in [1.29, 1.82) is 0 Å². The molecular formula is C9H14N2O4SSi. The number of nitrogens with one attached hydrogen (secondary N) is 1. The Morgan fingerprint density at radius 1 is 1.18 bits per heavy atom. The van der Waals surface area contributed by atoms with Crippen LogP contribution < -0.4 is 4.39 Å². The van der Waals surface area contributed by atoms with Crippen LogP contribution in [0.15, 0.2) is 29.2 Å². The number of hydrogen-bond donors (Lipinski definition) is 1. The van der Waals surface area contributed by atoms with Crippen LogP contribution in [-0.4, -0.2) is 21.6 Å². The zero-order valence-electron chi connectivity index (χ0n) is 9.80. The molecule has 0 aliphatic heterocycles. The molecule has 6 nitrogen and oxygen atoms in total. The van der Waals surface area contributed by atoms with Gasteiger partial charge in [-0.15, -0.1) is 0 Å². The van der Waals surface area contributed by atoms with Gasteiger partial charge in [0.1, 0.15) is 8.24 Å². The summed E-state index contributed by atoms with van der Waals surface area (Å²) in [5.74, 6) is 0. The van der Waals surface area contributed by atoms with Crippen LogP contribution >= 0.6 is 0 Å². The minimum absolute atomic E-state index is 0.0468. The minimum Gasteiger partial charge on any atom is -0.258 e. The standard InChI is InChI=1S/C9H14N2O4SSi/c1-17(2,3)10-16(14,15)9-6-4-8(5-7-9)11(12)13/h4-7,10H,1-3H3. The number of benzene rings is 1. The summed E-state index contributed by atoms with van der Waals surface area (Å²) in [5, 5.41) is 10.4. The molecule has 1 N–H and O–H groups in total. The summed E-state index contributed by atoms with van der Waals surface area (Å²) in [6.45, 7) is 5.57. The first kappa shape index (κ1) is 13.8. The van der Waals surface area contributed by atoms with Gasteiger partial charge in [-0.2, -0.15) is 0 Å². The average Bonchev–Trinajstić information content (AvgIpc) is 2.14. The predicted octanol–water partition coefficient (Wildman–Crippen LogP) is 1.71. The summed E-state index contributed by atoms with van der Waals surface area (Å²) in [7, 11) is -5.55. The fraction of sp³-hybridized carbons (Fsp3) is 0.333. The molecule has 1 aromatic carbocycles. The molecule has 1 rings (SSSR count). The maximum atomic E-state index is 11.9. The first-order valence-electron chi connectivity index (χ1n) is 4.90. The monoisotopic (exact) mass is 274 g/mol. The van der Waals surface area contributed by atoms with Gasteiger partial charge >= 0.3 is 0 Å². The smallest absolute Gasteiger partial charge is 0.258 e. The van der Waals surface area contributed by atoms with Gasteiger partial charge in [0.25, 0.3) is 5.69 Å². The van der Waals surface area contributed by atoms with Gasteiger partial charge in [0.15, 0.2) is 0 Å². The third kappa shape index (κ3) is 3.91. The first-order valence-corrected chi connectivity index (χ1v) is 9.88. The third-order valence-corrected chi connectivity index (χ3v) is 6.22. The number of non-ortho nitro benzene ring substituents is 1. The van der Waals surface area contributed by atoms with Gasteiger partial charge in [-0.3, -0.25) is 10.1 Å². The molecule has 94 valence electrons. The van der Waals surface area contributed by atoms with E-state index >= 15 is 0 Å². The summed E-state index contributed by atoms with van der Waals surface area (Å²) in [6, 6.07) is 4.83. The quantitative estimate of drug-likeness (QED) is 0.514. The van der Waals surface area contributed by atoms with E-state index in [-0.39, 0.29) is 10.6 Å². The fourth-order valence-electron chi connectivity index (χ4n) is 1.21. The maximum Gasteiger partial charge on any atom is 0.269 e. The highest BCUT2D eigenvalue weighted by Gasteiger charge is 2.24. The van der Waals surface area contributed by atoms with E-state index in [1.165, 1.54) is 24.3 Å². The lowest BCUT2D eigenvalue weighted by molar-refractivity contribution is -0.384. The van der Waals surface area contributed by atoms with Crippen LogP contribution in [0.5, 0.6) is 0 Å². The average molecular weight is 274 g/mol. The Balaban J connectivity index is 3.05. The number of hydrogen-bond acceptors (Lipinski definition) is 4. The van der Waals surface area contributed by atoms with E-state index in [2.05, 4.69) is 4.39 Å². The zero-order chi connectivity index (χ0) is 13.3. The van der Waals surface area contributed by atoms with E-state index in [9.17, 15) is 18.5 Å². The molecule has 0 radical (unpaired) electrons. The summed E-state index contributed by atoms with van der Waals surface area (Å²) >= 11 is 0. The van der Waals surface area contributed by atoms with Gasteiger partial charge in [-0.1, -0.05) is 19.6 Å². The third-order valence-electron chi connectivity index (χ3n) is 1.80. The maximum absolute atomic E-state index is 11.9. The molecule has 0 amide bonds. The molecule has 0 unspecified atom stereocenters.